The van der Waals surface area contributed by atoms with E-state index >= 15 is 0 Å². The Morgan fingerprint density at radius 1 is 1.38 bits per heavy atom. The maximum absolute atomic E-state index is 14.4. The predicted octanol–water partition coefficient (Wildman–Crippen LogP) is 2.97. The topological polar surface area (TPSA) is 35.5 Å². The Hall–Kier alpha value is -0.200. The van der Waals surface area contributed by atoms with Gasteiger partial charge in [0.2, 0.25) is 0 Å². The molecule has 2 rings (SSSR count). The number of nitrogens with zero attached hydrogens (tertiary/aromatic N) is 1. The Morgan fingerprint density at radius 3 is 2.52 bits per heavy atom. The quantitative estimate of drug-likeness (QED) is 0.842. The molecule has 6 heteroatoms. The number of hydrogen-bond acceptors (Lipinski definition) is 3. The highest BCUT2D eigenvalue weighted by Gasteiger charge is 2.38. The number of halogens is 3. The number of aliphatic hydroxyl groups excluding tert-OH is 1. The van der Waals surface area contributed by atoms with Crippen molar-refractivity contribution < 1.29 is 9.50 Å². The van der Waals surface area contributed by atoms with Crippen LogP contribution in [0.2, 0.25) is 0 Å². The molecule has 0 saturated carbocycles. The van der Waals surface area contributed by atoms with Crippen molar-refractivity contribution in [2.45, 2.75) is 19.9 Å². The molecule has 0 spiro atoms. The van der Waals surface area contributed by atoms with Gasteiger partial charge < -0.3 is 10.4 Å². The molecule has 21 heavy (non-hydrogen) atoms. The van der Waals surface area contributed by atoms with Crippen molar-refractivity contribution in [2.24, 2.45) is 5.41 Å². The second-order valence-electron chi connectivity index (χ2n) is 5.97. The van der Waals surface area contributed by atoms with Crippen molar-refractivity contribution in [2.75, 3.05) is 32.8 Å². The maximum atomic E-state index is 14.4. The van der Waals surface area contributed by atoms with Gasteiger partial charge in [-0.1, -0.05) is 35.8 Å². The fourth-order valence-electron chi connectivity index (χ4n) is 2.87. The highest BCUT2D eigenvalue weighted by Crippen LogP contribution is 2.42. The third-order valence-corrected chi connectivity index (χ3v) is 4.63. The summed E-state index contributed by atoms with van der Waals surface area (Å²) in [6.07, 6.45) is 0. The van der Waals surface area contributed by atoms with E-state index in [0.29, 0.717) is 5.56 Å². The third-order valence-electron chi connectivity index (χ3n) is 3.94. The van der Waals surface area contributed by atoms with Gasteiger partial charge in [-0.3, -0.25) is 4.90 Å². The van der Waals surface area contributed by atoms with Crippen LogP contribution in [0.15, 0.2) is 22.7 Å². The maximum Gasteiger partial charge on any atom is 0.129 e. The summed E-state index contributed by atoms with van der Waals surface area (Å²) >= 11 is 3.47. The highest BCUT2D eigenvalue weighted by molar-refractivity contribution is 9.10. The van der Waals surface area contributed by atoms with E-state index in [1.165, 1.54) is 6.07 Å². The lowest BCUT2D eigenvalue weighted by Crippen LogP contribution is -2.50. The van der Waals surface area contributed by atoms with Gasteiger partial charge in [0.1, 0.15) is 5.82 Å². The second-order valence-corrected chi connectivity index (χ2v) is 6.82. The average Bonchev–Trinajstić information content (AvgIpc) is 2.43. The van der Waals surface area contributed by atoms with Crippen LogP contribution in [0.25, 0.3) is 0 Å². The van der Waals surface area contributed by atoms with Gasteiger partial charge in [-0.25, -0.2) is 4.39 Å². The molecule has 1 aliphatic rings. The molecule has 0 amide bonds. The van der Waals surface area contributed by atoms with Crippen molar-refractivity contribution >= 4 is 28.3 Å². The van der Waals surface area contributed by atoms with E-state index in [9.17, 15) is 9.50 Å². The Labute approximate surface area is 140 Å². The lowest BCUT2D eigenvalue weighted by atomic mass is 9.79. The van der Waals surface area contributed by atoms with Crippen LogP contribution in [0, 0.1) is 11.2 Å². The number of rotatable bonds is 4. The summed E-state index contributed by atoms with van der Waals surface area (Å²) in [6.45, 7) is 7.48. The molecule has 1 saturated heterocycles. The number of benzene rings is 1. The molecule has 0 aliphatic carbocycles. The van der Waals surface area contributed by atoms with Crippen LogP contribution in [-0.4, -0.2) is 42.8 Å². The molecule has 1 heterocycles. The van der Waals surface area contributed by atoms with E-state index in [0.717, 1.165) is 30.7 Å². The standard InChI is InChI=1S/C15H22BrFN2O.ClH/c1-15(2,10-20)14(19-8-6-18-7-9-19)13-11(16)4-3-5-12(13)17;/h3-5,14,18,20H,6-10H2,1-2H3;1H/t14-;/m0./s1. The molecule has 2 N–H and O–H groups in total. The minimum atomic E-state index is -0.415. The summed E-state index contributed by atoms with van der Waals surface area (Å²) < 4.78 is 15.1. The Balaban J connectivity index is 0.00000220. The molecule has 0 radical (unpaired) electrons. The monoisotopic (exact) mass is 380 g/mol. The van der Waals surface area contributed by atoms with Gasteiger partial charge in [-0.15, -0.1) is 12.4 Å². The van der Waals surface area contributed by atoms with Crippen LogP contribution in [0.3, 0.4) is 0 Å². The van der Waals surface area contributed by atoms with Crippen LogP contribution in [-0.2, 0) is 0 Å². The Morgan fingerprint density at radius 2 is 2.00 bits per heavy atom. The minimum Gasteiger partial charge on any atom is -0.396 e. The number of hydrogen-bond donors (Lipinski definition) is 2. The summed E-state index contributed by atoms with van der Waals surface area (Å²) in [5.74, 6) is -0.218. The van der Waals surface area contributed by atoms with Crippen molar-refractivity contribution in [3.8, 4) is 0 Å². The fourth-order valence-corrected chi connectivity index (χ4v) is 3.43. The molecule has 0 unspecified atom stereocenters. The first kappa shape index (κ1) is 18.8. The summed E-state index contributed by atoms with van der Waals surface area (Å²) in [5, 5.41) is 13.1. The van der Waals surface area contributed by atoms with Gasteiger partial charge in [0.05, 0.1) is 0 Å². The van der Waals surface area contributed by atoms with Gasteiger partial charge in [-0.2, -0.15) is 0 Å². The summed E-state index contributed by atoms with van der Waals surface area (Å²) in [6, 6.07) is 4.90. The third kappa shape index (κ3) is 4.17. The zero-order valence-electron chi connectivity index (χ0n) is 12.4. The van der Waals surface area contributed by atoms with Crippen LogP contribution in [0.5, 0.6) is 0 Å². The van der Waals surface area contributed by atoms with E-state index in [1.807, 2.05) is 19.9 Å². The van der Waals surface area contributed by atoms with Crippen LogP contribution in [0.1, 0.15) is 25.5 Å². The largest absolute Gasteiger partial charge is 0.396 e. The molecule has 1 aromatic rings. The smallest absolute Gasteiger partial charge is 0.129 e. The van der Waals surface area contributed by atoms with Crippen molar-refractivity contribution in [3.05, 3.63) is 34.1 Å². The molecule has 0 bridgehead atoms. The van der Waals surface area contributed by atoms with Gasteiger partial charge in [0, 0.05) is 54.3 Å². The highest BCUT2D eigenvalue weighted by atomic mass is 79.9. The molecular formula is C15H23BrClFN2O. The number of piperazine rings is 1. The molecular weight excluding hydrogens is 359 g/mol. The van der Waals surface area contributed by atoms with Gasteiger partial charge in [0.15, 0.2) is 0 Å². The Kier molecular flexibility index (Phi) is 7.07. The van der Waals surface area contributed by atoms with Crippen LogP contribution >= 0.6 is 28.3 Å². The summed E-state index contributed by atoms with van der Waals surface area (Å²) in [7, 11) is 0. The first-order valence-corrected chi connectivity index (χ1v) is 7.76. The zero-order valence-corrected chi connectivity index (χ0v) is 14.8. The first-order valence-electron chi connectivity index (χ1n) is 6.97. The minimum absolute atomic E-state index is 0. The van der Waals surface area contributed by atoms with Crippen molar-refractivity contribution in [3.63, 3.8) is 0 Å². The van der Waals surface area contributed by atoms with E-state index in [-0.39, 0.29) is 30.9 Å². The second kappa shape index (κ2) is 7.88. The summed E-state index contributed by atoms with van der Waals surface area (Å²) in [5.41, 5.74) is 0.232. The van der Waals surface area contributed by atoms with E-state index < -0.39 is 5.41 Å². The molecule has 3 nitrogen and oxygen atoms in total. The molecule has 120 valence electrons. The van der Waals surface area contributed by atoms with E-state index in [4.69, 9.17) is 0 Å². The number of nitrogens with one attached hydrogen (secondary N) is 1. The zero-order chi connectivity index (χ0) is 14.8. The molecule has 0 aromatic heterocycles. The normalized spacial score (nSPS) is 18.1. The lowest BCUT2D eigenvalue weighted by molar-refractivity contribution is 0.0282. The van der Waals surface area contributed by atoms with Crippen LogP contribution in [0.4, 0.5) is 4.39 Å². The average molecular weight is 382 g/mol. The van der Waals surface area contributed by atoms with Gasteiger partial charge >= 0.3 is 0 Å². The molecule has 1 aliphatic heterocycles. The fraction of sp³-hybridized carbons (Fsp3) is 0.600. The first-order chi connectivity index (χ1) is 9.47. The number of aliphatic hydroxyl groups is 1. The van der Waals surface area contributed by atoms with Gasteiger partial charge in [-0.05, 0) is 12.1 Å². The molecule has 1 aromatic carbocycles. The predicted molar refractivity (Wildman–Crippen MR) is 89.4 cm³/mol. The van der Waals surface area contributed by atoms with Crippen LogP contribution < -0.4 is 5.32 Å². The van der Waals surface area contributed by atoms with E-state index in [1.54, 1.807) is 6.07 Å². The molecule has 1 atom stereocenters. The lowest BCUT2D eigenvalue weighted by Gasteiger charge is -2.43. The van der Waals surface area contributed by atoms with Crippen molar-refractivity contribution in [1.82, 2.24) is 10.2 Å². The summed E-state index contributed by atoms with van der Waals surface area (Å²) in [4.78, 5) is 2.26. The van der Waals surface area contributed by atoms with Gasteiger partial charge in [0.25, 0.3) is 0 Å². The SMILES string of the molecule is CC(C)(CO)[C@H](c1c(F)cccc1Br)N1CCNCC1.Cl. The Bertz CT molecular complexity index is 447. The molecule has 1 fully saturated rings. The van der Waals surface area contributed by atoms with Crippen molar-refractivity contribution in [1.29, 1.82) is 0 Å². The van der Waals surface area contributed by atoms with E-state index in [2.05, 4.69) is 26.1 Å².